The summed E-state index contributed by atoms with van der Waals surface area (Å²) in [4.78, 5) is 48.6. The number of carbonyl (C=O) groups is 3. The number of pyridine rings is 1. The number of para-hydroxylation sites is 1. The first kappa shape index (κ1) is 23.8. The first-order valence-corrected chi connectivity index (χ1v) is 13.1. The van der Waals surface area contributed by atoms with Gasteiger partial charge in [0, 0.05) is 41.9 Å². The van der Waals surface area contributed by atoms with Gasteiger partial charge in [0.2, 0.25) is 5.91 Å². The van der Waals surface area contributed by atoms with Gasteiger partial charge >= 0.3 is 0 Å². The molecule has 35 heavy (non-hydrogen) atoms. The maximum atomic E-state index is 13.4. The average Bonchev–Trinajstić information content (AvgIpc) is 3.42. The van der Waals surface area contributed by atoms with Gasteiger partial charge in [-0.2, -0.15) is 0 Å². The van der Waals surface area contributed by atoms with Gasteiger partial charge in [-0.05, 0) is 53.6 Å². The maximum Gasteiger partial charge on any atom is 0.258 e. The van der Waals surface area contributed by atoms with E-state index in [9.17, 15) is 14.4 Å². The number of piperazine rings is 1. The Hall–Kier alpha value is -2.95. The highest BCUT2D eigenvalue weighted by molar-refractivity contribution is 14.1. The molecule has 5 rings (SSSR count). The van der Waals surface area contributed by atoms with Crippen LogP contribution in [0, 0.1) is 9.49 Å². The maximum absolute atomic E-state index is 13.4. The van der Waals surface area contributed by atoms with E-state index in [1.54, 1.807) is 12.3 Å². The Labute approximate surface area is 218 Å². The molecular weight excluding hydrogens is 557 g/mol. The molecule has 182 valence electrons. The minimum atomic E-state index is -0.182. The van der Waals surface area contributed by atoms with Crippen LogP contribution >= 0.6 is 22.6 Å². The lowest BCUT2D eigenvalue weighted by molar-refractivity contribution is -0.136. The van der Waals surface area contributed by atoms with E-state index >= 15 is 0 Å². The van der Waals surface area contributed by atoms with E-state index in [4.69, 9.17) is 0 Å². The number of halogens is 1. The zero-order valence-corrected chi connectivity index (χ0v) is 21.7. The number of nitrogens with zero attached hydrogens (tertiary/aromatic N) is 4. The first-order valence-electron chi connectivity index (χ1n) is 12.0. The predicted octanol–water partition coefficient (Wildman–Crippen LogP) is 3.38. The molecule has 1 aromatic heterocycles. The molecule has 2 aliphatic heterocycles. The third-order valence-corrected chi connectivity index (χ3v) is 7.93. The fourth-order valence-corrected chi connectivity index (χ4v) is 5.64. The molecule has 3 aliphatic rings. The molecule has 0 bridgehead atoms. The number of carbonyl (C=O) groups excluding carboxylic acids is 3. The second-order valence-electron chi connectivity index (χ2n) is 9.26. The Bertz CT molecular complexity index is 1190. The van der Waals surface area contributed by atoms with E-state index in [2.05, 4.69) is 39.5 Å². The van der Waals surface area contributed by atoms with E-state index < -0.39 is 0 Å². The molecule has 0 atom stereocenters. The lowest BCUT2D eigenvalue weighted by Crippen LogP contribution is -2.51. The van der Waals surface area contributed by atoms with Gasteiger partial charge in [0.25, 0.3) is 11.8 Å². The number of hydrogen-bond acceptors (Lipinski definition) is 5. The van der Waals surface area contributed by atoms with Gasteiger partial charge in [-0.3, -0.25) is 19.4 Å². The topological polar surface area (TPSA) is 85.9 Å². The standard InChI is InChI=1S/C26H28IN5O3/c1-17-29-24(33)20-8-4-5-9-23(20)32(17)16-19-14-21(22(27)15-28-19)26(35)31-12-10-30(11-13-31)25(34)18-6-2-3-7-18/h4-5,8-9,14-15,18H,1-3,6-7,10-13,16H2,(H,29,33). The molecule has 9 heteroatoms. The minimum Gasteiger partial charge on any atom is -0.339 e. The molecule has 3 amide bonds. The molecule has 0 spiro atoms. The summed E-state index contributed by atoms with van der Waals surface area (Å²) >= 11 is 2.14. The van der Waals surface area contributed by atoms with Crippen molar-refractivity contribution in [2.24, 2.45) is 5.92 Å². The summed E-state index contributed by atoms with van der Waals surface area (Å²) in [5.41, 5.74) is 2.64. The highest BCUT2D eigenvalue weighted by Gasteiger charge is 2.31. The SMILES string of the molecule is C=C1NC(=O)c2ccccc2N1Cc1cc(C(=O)N2CCN(C(=O)C3CCCC3)CC2)c(I)cn1. The van der Waals surface area contributed by atoms with Crippen molar-refractivity contribution < 1.29 is 14.4 Å². The zero-order chi connectivity index (χ0) is 24.5. The van der Waals surface area contributed by atoms with Crippen molar-refractivity contribution in [3.8, 4) is 0 Å². The number of anilines is 1. The molecule has 8 nitrogen and oxygen atoms in total. The summed E-state index contributed by atoms with van der Waals surface area (Å²) in [6.45, 7) is 6.60. The number of rotatable bonds is 4. The smallest absolute Gasteiger partial charge is 0.258 e. The third-order valence-electron chi connectivity index (χ3n) is 7.07. The summed E-state index contributed by atoms with van der Waals surface area (Å²) < 4.78 is 0.784. The van der Waals surface area contributed by atoms with Gasteiger partial charge in [-0.25, -0.2) is 0 Å². The number of aromatic nitrogens is 1. The summed E-state index contributed by atoms with van der Waals surface area (Å²) in [7, 11) is 0. The largest absolute Gasteiger partial charge is 0.339 e. The highest BCUT2D eigenvalue weighted by atomic mass is 127. The number of nitrogens with one attached hydrogen (secondary N) is 1. The Morgan fingerprint density at radius 2 is 1.77 bits per heavy atom. The van der Waals surface area contributed by atoms with Gasteiger partial charge in [0.15, 0.2) is 0 Å². The van der Waals surface area contributed by atoms with E-state index in [0.717, 1.165) is 34.9 Å². The van der Waals surface area contributed by atoms with Gasteiger partial charge in [-0.1, -0.05) is 31.6 Å². The Morgan fingerprint density at radius 3 is 2.51 bits per heavy atom. The molecule has 2 fully saturated rings. The number of hydrogen-bond donors (Lipinski definition) is 1. The number of amides is 3. The number of fused-ring (bicyclic) bond motifs is 1. The molecule has 1 saturated carbocycles. The summed E-state index contributed by atoms with van der Waals surface area (Å²) in [5.74, 6) is 0.672. The van der Waals surface area contributed by atoms with E-state index in [1.165, 1.54) is 0 Å². The minimum absolute atomic E-state index is 0.0443. The second kappa shape index (κ2) is 9.96. The van der Waals surface area contributed by atoms with E-state index in [-0.39, 0.29) is 23.6 Å². The lowest BCUT2D eigenvalue weighted by atomic mass is 10.1. The summed E-state index contributed by atoms with van der Waals surface area (Å²) in [6, 6.07) is 9.19. The van der Waals surface area contributed by atoms with Crippen LogP contribution in [0.15, 0.2) is 48.9 Å². The van der Waals surface area contributed by atoms with E-state index in [0.29, 0.717) is 55.4 Å². The van der Waals surface area contributed by atoms with Crippen molar-refractivity contribution >= 4 is 46.0 Å². The molecule has 1 aliphatic carbocycles. The van der Waals surface area contributed by atoms with Gasteiger partial charge < -0.3 is 20.0 Å². The van der Waals surface area contributed by atoms with Crippen molar-refractivity contribution in [2.75, 3.05) is 31.1 Å². The summed E-state index contributed by atoms with van der Waals surface area (Å²) in [6.07, 6.45) is 5.97. The van der Waals surface area contributed by atoms with Crippen LogP contribution in [-0.4, -0.2) is 58.7 Å². The molecule has 2 aromatic rings. The van der Waals surface area contributed by atoms with Crippen LogP contribution in [0.5, 0.6) is 0 Å². The van der Waals surface area contributed by atoms with Crippen LogP contribution in [0.1, 0.15) is 52.1 Å². The second-order valence-corrected chi connectivity index (χ2v) is 10.4. The van der Waals surface area contributed by atoms with Gasteiger partial charge in [0.05, 0.1) is 29.1 Å². The van der Waals surface area contributed by atoms with Crippen LogP contribution in [0.25, 0.3) is 0 Å². The summed E-state index contributed by atoms with van der Waals surface area (Å²) in [5, 5.41) is 2.80. The molecule has 1 N–H and O–H groups in total. The molecule has 1 saturated heterocycles. The van der Waals surface area contributed by atoms with Crippen molar-refractivity contribution in [3.63, 3.8) is 0 Å². The van der Waals surface area contributed by atoms with Gasteiger partial charge in [-0.15, -0.1) is 0 Å². The lowest BCUT2D eigenvalue weighted by Gasteiger charge is -2.36. The van der Waals surface area contributed by atoms with Gasteiger partial charge in [0.1, 0.15) is 5.82 Å². The molecule has 3 heterocycles. The third kappa shape index (κ3) is 4.78. The normalized spacial score (nSPS) is 18.5. The van der Waals surface area contributed by atoms with Crippen LogP contribution in [-0.2, 0) is 11.3 Å². The van der Waals surface area contributed by atoms with Crippen LogP contribution in [0.3, 0.4) is 0 Å². The fraction of sp³-hybridized carbons (Fsp3) is 0.385. The number of benzene rings is 1. The van der Waals surface area contributed by atoms with Crippen LogP contribution in [0.4, 0.5) is 5.69 Å². The van der Waals surface area contributed by atoms with Crippen molar-refractivity contribution in [1.29, 1.82) is 0 Å². The van der Waals surface area contributed by atoms with Crippen molar-refractivity contribution in [3.05, 3.63) is 69.3 Å². The highest BCUT2D eigenvalue weighted by Crippen LogP contribution is 2.29. The van der Waals surface area contributed by atoms with Crippen molar-refractivity contribution in [1.82, 2.24) is 20.1 Å². The zero-order valence-electron chi connectivity index (χ0n) is 19.5. The average molecular weight is 585 g/mol. The Morgan fingerprint density at radius 1 is 1.09 bits per heavy atom. The van der Waals surface area contributed by atoms with E-state index in [1.807, 2.05) is 39.0 Å². The van der Waals surface area contributed by atoms with Crippen LogP contribution in [0.2, 0.25) is 0 Å². The Balaban J connectivity index is 1.29. The Kier molecular flexibility index (Phi) is 6.77. The van der Waals surface area contributed by atoms with Crippen molar-refractivity contribution in [2.45, 2.75) is 32.2 Å². The molecule has 0 unspecified atom stereocenters. The fourth-order valence-electron chi connectivity index (χ4n) is 5.12. The predicted molar refractivity (Wildman–Crippen MR) is 141 cm³/mol. The first-order chi connectivity index (χ1) is 16.9. The molecular formula is C26H28IN5O3. The molecule has 0 radical (unpaired) electrons. The van der Waals surface area contributed by atoms with Crippen LogP contribution < -0.4 is 10.2 Å². The molecule has 1 aromatic carbocycles. The monoisotopic (exact) mass is 585 g/mol. The quantitative estimate of drug-likeness (QED) is 0.557.